The molecule has 2 unspecified atom stereocenters. The van der Waals surface area contributed by atoms with Crippen LogP contribution in [0.3, 0.4) is 0 Å². The minimum absolute atomic E-state index is 0.0656. The van der Waals surface area contributed by atoms with E-state index in [9.17, 15) is 14.0 Å². The maximum atomic E-state index is 13.1. The Hall–Kier alpha value is -2.63. The van der Waals surface area contributed by atoms with E-state index in [0.717, 1.165) is 37.7 Å². The summed E-state index contributed by atoms with van der Waals surface area (Å²) < 4.78 is 18.8. The molecule has 6 rings (SSSR count). The molecule has 1 heterocycles. The lowest BCUT2D eigenvalue weighted by Gasteiger charge is -2.58. The van der Waals surface area contributed by atoms with E-state index in [4.69, 9.17) is 10.2 Å². The van der Waals surface area contributed by atoms with Gasteiger partial charge in [-0.05, 0) is 86.3 Å². The minimum Gasteiger partial charge on any atom is -0.451 e. The second-order valence-electron chi connectivity index (χ2n) is 8.78. The minimum atomic E-state index is -0.363. The standard InChI is InChI=1S/C22H23FN2O3/c23-16-3-1-13(2-4-16)17-5-6-18(28-17)20(26)25-19-14-7-12-8-15(19)11-22(9-12,10-14)21(24)27/h1-6,12,14-15,19H,7-11H2,(H2,24,27)(H,25,26)/t12?,14?,15?,19-,22-. The predicted molar refractivity (Wildman–Crippen MR) is 101 cm³/mol. The fourth-order valence-corrected chi connectivity index (χ4v) is 6.01. The summed E-state index contributed by atoms with van der Waals surface area (Å²) in [6.07, 6.45) is 4.57. The highest BCUT2D eigenvalue weighted by Crippen LogP contribution is 2.59. The number of nitrogens with one attached hydrogen (secondary N) is 1. The van der Waals surface area contributed by atoms with Crippen LogP contribution < -0.4 is 11.1 Å². The lowest BCUT2D eigenvalue weighted by molar-refractivity contribution is -0.145. The summed E-state index contributed by atoms with van der Waals surface area (Å²) in [5.74, 6) is 1.20. The van der Waals surface area contributed by atoms with E-state index < -0.39 is 0 Å². The Kier molecular flexibility index (Phi) is 3.86. The highest BCUT2D eigenvalue weighted by atomic mass is 19.1. The SMILES string of the molecule is NC(=O)[C@]12CC3CC(C1)[C@@H](NC(=O)c1ccc(-c4ccc(F)cc4)o1)C(C3)C2. The van der Waals surface area contributed by atoms with Gasteiger partial charge in [0.15, 0.2) is 5.76 Å². The first-order valence-electron chi connectivity index (χ1n) is 9.90. The van der Waals surface area contributed by atoms with Crippen LogP contribution in [0.2, 0.25) is 0 Å². The summed E-state index contributed by atoms with van der Waals surface area (Å²) in [5, 5.41) is 3.16. The average molecular weight is 382 g/mol. The Morgan fingerprint density at radius 1 is 1.04 bits per heavy atom. The molecule has 4 aliphatic carbocycles. The van der Waals surface area contributed by atoms with Crippen molar-refractivity contribution >= 4 is 11.8 Å². The number of hydrogen-bond donors (Lipinski definition) is 2. The van der Waals surface area contributed by atoms with E-state index in [1.807, 2.05) is 0 Å². The Morgan fingerprint density at radius 3 is 2.36 bits per heavy atom. The normalized spacial score (nSPS) is 33.0. The van der Waals surface area contributed by atoms with Crippen LogP contribution >= 0.6 is 0 Å². The summed E-state index contributed by atoms with van der Waals surface area (Å²) in [6.45, 7) is 0. The van der Waals surface area contributed by atoms with E-state index in [0.29, 0.717) is 23.5 Å². The summed E-state index contributed by atoms with van der Waals surface area (Å²) in [5.41, 5.74) is 6.09. The number of amides is 2. The third-order valence-electron chi connectivity index (χ3n) is 7.05. The predicted octanol–water partition coefficient (Wildman–Crippen LogP) is 3.50. The lowest BCUT2D eigenvalue weighted by Crippen LogP contribution is -2.62. The van der Waals surface area contributed by atoms with Crippen molar-refractivity contribution < 1.29 is 18.4 Å². The second kappa shape index (κ2) is 6.19. The lowest BCUT2D eigenvalue weighted by atomic mass is 9.47. The first kappa shape index (κ1) is 17.5. The van der Waals surface area contributed by atoms with Gasteiger partial charge in [-0.3, -0.25) is 9.59 Å². The van der Waals surface area contributed by atoms with Crippen molar-refractivity contribution in [3.63, 3.8) is 0 Å². The van der Waals surface area contributed by atoms with E-state index in [1.165, 1.54) is 12.1 Å². The first-order chi connectivity index (χ1) is 13.4. The molecule has 5 nitrogen and oxygen atoms in total. The average Bonchev–Trinajstić information content (AvgIpc) is 3.15. The third-order valence-corrected chi connectivity index (χ3v) is 7.05. The number of carbonyl (C=O) groups is 2. The molecule has 0 radical (unpaired) electrons. The van der Waals surface area contributed by atoms with Gasteiger partial charge < -0.3 is 15.5 Å². The Morgan fingerprint density at radius 2 is 1.71 bits per heavy atom. The van der Waals surface area contributed by atoms with Crippen molar-refractivity contribution in [2.75, 3.05) is 0 Å². The van der Waals surface area contributed by atoms with Crippen molar-refractivity contribution in [3.05, 3.63) is 48.0 Å². The van der Waals surface area contributed by atoms with Gasteiger partial charge in [-0.2, -0.15) is 0 Å². The van der Waals surface area contributed by atoms with E-state index in [2.05, 4.69) is 5.32 Å². The van der Waals surface area contributed by atoms with E-state index in [-0.39, 0.29) is 34.8 Å². The molecule has 0 spiro atoms. The highest BCUT2D eigenvalue weighted by Gasteiger charge is 2.58. The Labute approximate surface area is 162 Å². The van der Waals surface area contributed by atoms with Crippen LogP contribution in [0.4, 0.5) is 4.39 Å². The largest absolute Gasteiger partial charge is 0.451 e. The molecule has 1 aromatic carbocycles. The molecule has 4 bridgehead atoms. The van der Waals surface area contributed by atoms with Gasteiger partial charge in [0.1, 0.15) is 11.6 Å². The topological polar surface area (TPSA) is 85.3 Å². The molecular formula is C22H23FN2O3. The number of primary amides is 1. The van der Waals surface area contributed by atoms with Gasteiger partial charge in [-0.15, -0.1) is 0 Å². The number of rotatable bonds is 4. The summed E-state index contributed by atoms with van der Waals surface area (Å²) in [6, 6.07) is 9.40. The molecule has 3 N–H and O–H groups in total. The molecule has 1 aromatic heterocycles. The monoisotopic (exact) mass is 382 g/mol. The van der Waals surface area contributed by atoms with Crippen LogP contribution in [-0.4, -0.2) is 17.9 Å². The van der Waals surface area contributed by atoms with Crippen LogP contribution in [0, 0.1) is 29.0 Å². The first-order valence-corrected chi connectivity index (χ1v) is 9.90. The van der Waals surface area contributed by atoms with Crippen LogP contribution in [-0.2, 0) is 4.79 Å². The van der Waals surface area contributed by atoms with Crippen molar-refractivity contribution in [1.29, 1.82) is 0 Å². The maximum absolute atomic E-state index is 13.1. The van der Waals surface area contributed by atoms with Gasteiger partial charge in [-0.25, -0.2) is 4.39 Å². The molecule has 0 saturated heterocycles. The summed E-state index contributed by atoms with van der Waals surface area (Å²) in [7, 11) is 0. The molecule has 146 valence electrons. The molecule has 0 aliphatic heterocycles. The third kappa shape index (κ3) is 2.74. The van der Waals surface area contributed by atoms with Crippen LogP contribution in [0.1, 0.15) is 42.7 Å². The van der Waals surface area contributed by atoms with E-state index in [1.54, 1.807) is 24.3 Å². The number of furan rings is 1. The number of halogens is 1. The van der Waals surface area contributed by atoms with Gasteiger partial charge in [0.2, 0.25) is 5.91 Å². The van der Waals surface area contributed by atoms with Crippen LogP contribution in [0.25, 0.3) is 11.3 Å². The molecule has 2 amide bonds. The zero-order valence-corrected chi connectivity index (χ0v) is 15.5. The molecule has 2 atom stereocenters. The van der Waals surface area contributed by atoms with Gasteiger partial charge >= 0.3 is 0 Å². The van der Waals surface area contributed by atoms with Crippen LogP contribution in [0.15, 0.2) is 40.8 Å². The summed E-state index contributed by atoms with van der Waals surface area (Å²) in [4.78, 5) is 24.9. The zero-order valence-electron chi connectivity index (χ0n) is 15.5. The van der Waals surface area contributed by atoms with E-state index >= 15 is 0 Å². The number of benzene rings is 1. The van der Waals surface area contributed by atoms with Crippen molar-refractivity contribution in [3.8, 4) is 11.3 Å². The molecular weight excluding hydrogens is 359 g/mol. The molecule has 6 heteroatoms. The summed E-state index contributed by atoms with van der Waals surface area (Å²) >= 11 is 0. The molecule has 4 aliphatic rings. The zero-order chi connectivity index (χ0) is 19.5. The van der Waals surface area contributed by atoms with Gasteiger partial charge in [0, 0.05) is 17.0 Å². The molecule has 4 fully saturated rings. The number of nitrogens with two attached hydrogens (primary N) is 1. The van der Waals surface area contributed by atoms with Crippen molar-refractivity contribution in [1.82, 2.24) is 5.32 Å². The van der Waals surface area contributed by atoms with Gasteiger partial charge in [0.25, 0.3) is 5.91 Å². The fraction of sp³-hybridized carbons (Fsp3) is 0.455. The quantitative estimate of drug-likeness (QED) is 0.849. The van der Waals surface area contributed by atoms with Crippen molar-refractivity contribution in [2.45, 2.75) is 38.1 Å². The Balaban J connectivity index is 1.32. The van der Waals surface area contributed by atoms with Crippen molar-refractivity contribution in [2.24, 2.45) is 28.9 Å². The maximum Gasteiger partial charge on any atom is 0.287 e. The molecule has 28 heavy (non-hydrogen) atoms. The van der Waals surface area contributed by atoms with Crippen LogP contribution in [0.5, 0.6) is 0 Å². The van der Waals surface area contributed by atoms with Gasteiger partial charge in [-0.1, -0.05) is 0 Å². The van der Waals surface area contributed by atoms with Gasteiger partial charge in [0.05, 0.1) is 0 Å². The molecule has 2 aromatic rings. The Bertz CT molecular complexity index is 920. The molecule has 4 saturated carbocycles. The highest BCUT2D eigenvalue weighted by molar-refractivity contribution is 5.92. The second-order valence-corrected chi connectivity index (χ2v) is 8.78. The fourth-order valence-electron chi connectivity index (χ4n) is 6.01. The number of carbonyl (C=O) groups excluding carboxylic acids is 2. The number of hydrogen-bond acceptors (Lipinski definition) is 3. The smallest absolute Gasteiger partial charge is 0.287 e.